The molecule has 27 heavy (non-hydrogen) atoms. The number of H-pyrrole nitrogens is 1. The van der Waals surface area contributed by atoms with Gasteiger partial charge in [-0.25, -0.2) is 0 Å². The van der Waals surface area contributed by atoms with Crippen LogP contribution in [0, 0.1) is 0 Å². The van der Waals surface area contributed by atoms with Crippen LogP contribution in [0.3, 0.4) is 0 Å². The number of aromatic amines is 1. The van der Waals surface area contributed by atoms with Gasteiger partial charge < -0.3 is 14.6 Å². The van der Waals surface area contributed by atoms with E-state index < -0.39 is 17.3 Å². The van der Waals surface area contributed by atoms with Gasteiger partial charge in [-0.05, 0) is 12.1 Å². The van der Waals surface area contributed by atoms with Crippen LogP contribution in [0.15, 0.2) is 29.1 Å². The molecule has 0 atom stereocenters. The van der Waals surface area contributed by atoms with E-state index >= 15 is 0 Å². The Morgan fingerprint density at radius 1 is 1.15 bits per heavy atom. The second kappa shape index (κ2) is 7.87. The van der Waals surface area contributed by atoms with Crippen LogP contribution in [0.2, 0.25) is 0 Å². The van der Waals surface area contributed by atoms with Crippen LogP contribution in [-0.4, -0.2) is 52.3 Å². The number of carbonyl (C=O) groups is 1. The Morgan fingerprint density at radius 3 is 2.41 bits per heavy atom. The zero-order chi connectivity index (χ0) is 19.4. The number of nitrogens with zero attached hydrogens (tertiary/aromatic N) is 3. The van der Waals surface area contributed by atoms with Crippen molar-refractivity contribution in [2.75, 3.05) is 26.3 Å². The molecule has 1 aromatic heterocycles. The molecular weight excluding hydrogens is 365 g/mol. The third-order valence-corrected chi connectivity index (χ3v) is 4.19. The number of nitrogens with one attached hydrogen (secondary N) is 1. The fourth-order valence-corrected chi connectivity index (χ4v) is 2.67. The number of aromatic nitrogens is 3. The first-order valence-electron chi connectivity index (χ1n) is 8.33. The number of alkyl halides is 3. The van der Waals surface area contributed by atoms with Gasteiger partial charge >= 0.3 is 6.18 Å². The number of benzene rings is 1. The van der Waals surface area contributed by atoms with Gasteiger partial charge in [0.25, 0.3) is 5.56 Å². The summed E-state index contributed by atoms with van der Waals surface area (Å²) in [5.41, 5.74) is -0.898. The lowest BCUT2D eigenvalue weighted by atomic mass is 10.1. The summed E-state index contributed by atoms with van der Waals surface area (Å²) in [5.74, 6) is -0.0247. The molecule has 0 bridgehead atoms. The fraction of sp³-hybridized carbons (Fsp3) is 0.412. The number of hydrogen-bond donors (Lipinski definition) is 1. The molecule has 0 saturated carbocycles. The summed E-state index contributed by atoms with van der Waals surface area (Å²) in [6, 6.07) is 4.24. The van der Waals surface area contributed by atoms with Gasteiger partial charge in [-0.2, -0.15) is 13.2 Å². The highest BCUT2D eigenvalue weighted by molar-refractivity contribution is 5.76. The first-order chi connectivity index (χ1) is 12.8. The molecule has 1 aromatic carbocycles. The number of hydrogen-bond acceptors (Lipinski definition) is 5. The van der Waals surface area contributed by atoms with Crippen LogP contribution in [0.5, 0.6) is 0 Å². The summed E-state index contributed by atoms with van der Waals surface area (Å²) in [4.78, 5) is 28.4. The van der Waals surface area contributed by atoms with Crippen molar-refractivity contribution >= 4 is 5.91 Å². The van der Waals surface area contributed by atoms with Crippen molar-refractivity contribution in [3.63, 3.8) is 0 Å². The molecule has 1 saturated heterocycles. The summed E-state index contributed by atoms with van der Waals surface area (Å²) in [6.45, 7) is 2.03. The summed E-state index contributed by atoms with van der Waals surface area (Å²) < 4.78 is 43.0. The molecule has 0 radical (unpaired) electrons. The minimum Gasteiger partial charge on any atom is -0.378 e. The number of carbonyl (C=O) groups excluding carboxylic acids is 1. The molecule has 1 aliphatic heterocycles. The van der Waals surface area contributed by atoms with E-state index in [1.54, 1.807) is 4.90 Å². The topological polar surface area (TPSA) is 88.2 Å². The summed E-state index contributed by atoms with van der Waals surface area (Å²) in [6.07, 6.45) is -4.18. The van der Waals surface area contributed by atoms with Crippen LogP contribution in [0.4, 0.5) is 13.2 Å². The minimum atomic E-state index is -4.44. The molecule has 1 fully saturated rings. The standard InChI is InChI=1S/C17H17F3N4O3/c18-17(19,20)12-3-1-11(2-4-12)15-21-16(26)13(22-23-15)5-6-14(25)24-7-9-27-10-8-24/h1-4H,5-10H2,(H,21,23,26). The zero-order valence-electron chi connectivity index (χ0n) is 14.3. The Kier molecular flexibility index (Phi) is 5.54. The molecule has 1 N–H and O–H groups in total. The maximum Gasteiger partial charge on any atom is 0.416 e. The van der Waals surface area contributed by atoms with Crippen molar-refractivity contribution in [3.05, 3.63) is 45.9 Å². The number of aryl methyl sites for hydroxylation is 1. The van der Waals surface area contributed by atoms with Crippen molar-refractivity contribution < 1.29 is 22.7 Å². The van der Waals surface area contributed by atoms with Gasteiger partial charge in [0.05, 0.1) is 18.8 Å². The maximum absolute atomic E-state index is 12.6. The molecule has 2 heterocycles. The Morgan fingerprint density at radius 2 is 1.81 bits per heavy atom. The van der Waals surface area contributed by atoms with E-state index in [9.17, 15) is 22.8 Å². The van der Waals surface area contributed by atoms with Gasteiger partial charge in [-0.1, -0.05) is 12.1 Å². The first-order valence-corrected chi connectivity index (χ1v) is 8.33. The molecule has 1 aliphatic rings. The van der Waals surface area contributed by atoms with Gasteiger partial charge in [0.1, 0.15) is 5.69 Å². The molecule has 10 heteroatoms. The van der Waals surface area contributed by atoms with Crippen LogP contribution >= 0.6 is 0 Å². The molecule has 7 nitrogen and oxygen atoms in total. The monoisotopic (exact) mass is 382 g/mol. The van der Waals surface area contributed by atoms with E-state index in [1.165, 1.54) is 12.1 Å². The number of rotatable bonds is 4. The molecule has 2 aromatic rings. The zero-order valence-corrected chi connectivity index (χ0v) is 14.3. The van der Waals surface area contributed by atoms with Crippen LogP contribution in [0.1, 0.15) is 17.7 Å². The fourth-order valence-electron chi connectivity index (χ4n) is 2.67. The van der Waals surface area contributed by atoms with E-state index in [1.807, 2.05) is 0 Å². The van der Waals surface area contributed by atoms with E-state index in [0.29, 0.717) is 31.9 Å². The SMILES string of the molecule is O=C(CCc1nnc(-c2ccc(C(F)(F)F)cc2)[nH]c1=O)N1CCOCC1. The molecule has 144 valence electrons. The first kappa shape index (κ1) is 19.0. The summed E-state index contributed by atoms with van der Waals surface area (Å²) in [7, 11) is 0. The van der Waals surface area contributed by atoms with Crippen LogP contribution in [-0.2, 0) is 22.1 Å². The highest BCUT2D eigenvalue weighted by atomic mass is 19.4. The quantitative estimate of drug-likeness (QED) is 0.869. The van der Waals surface area contributed by atoms with E-state index in [0.717, 1.165) is 12.1 Å². The number of halogens is 3. The van der Waals surface area contributed by atoms with Crippen molar-refractivity contribution in [3.8, 4) is 11.4 Å². The molecule has 0 spiro atoms. The second-order valence-corrected chi connectivity index (χ2v) is 6.02. The Labute approximate surface area is 152 Å². The van der Waals surface area contributed by atoms with E-state index in [4.69, 9.17) is 4.74 Å². The Hall–Kier alpha value is -2.75. The number of amides is 1. The Balaban J connectivity index is 1.66. The maximum atomic E-state index is 12.6. The van der Waals surface area contributed by atoms with Gasteiger partial charge in [0.2, 0.25) is 5.91 Å². The summed E-state index contributed by atoms with van der Waals surface area (Å²) >= 11 is 0. The smallest absolute Gasteiger partial charge is 0.378 e. The largest absolute Gasteiger partial charge is 0.416 e. The van der Waals surface area contributed by atoms with Gasteiger partial charge in [0, 0.05) is 31.5 Å². The van der Waals surface area contributed by atoms with Crippen molar-refractivity contribution in [2.45, 2.75) is 19.0 Å². The minimum absolute atomic E-state index is 0.0666. The molecule has 0 unspecified atom stereocenters. The van der Waals surface area contributed by atoms with Crippen molar-refractivity contribution in [1.29, 1.82) is 0 Å². The van der Waals surface area contributed by atoms with E-state index in [2.05, 4.69) is 15.2 Å². The van der Waals surface area contributed by atoms with Crippen LogP contribution < -0.4 is 5.56 Å². The molecule has 0 aliphatic carbocycles. The lowest BCUT2D eigenvalue weighted by Gasteiger charge is -2.26. The van der Waals surface area contributed by atoms with Crippen LogP contribution in [0.25, 0.3) is 11.4 Å². The van der Waals surface area contributed by atoms with Crippen molar-refractivity contribution in [2.24, 2.45) is 0 Å². The Bertz CT molecular complexity index is 859. The average Bonchev–Trinajstić information content (AvgIpc) is 2.67. The van der Waals surface area contributed by atoms with Gasteiger partial charge in [-0.3, -0.25) is 9.59 Å². The highest BCUT2D eigenvalue weighted by Crippen LogP contribution is 2.30. The molecular formula is C17H17F3N4O3. The summed E-state index contributed by atoms with van der Waals surface area (Å²) in [5, 5.41) is 7.69. The van der Waals surface area contributed by atoms with Gasteiger partial charge in [-0.15, -0.1) is 10.2 Å². The number of ether oxygens (including phenoxy) is 1. The lowest BCUT2D eigenvalue weighted by molar-refractivity contribution is -0.137. The number of morpholine rings is 1. The second-order valence-electron chi connectivity index (χ2n) is 6.02. The predicted octanol–water partition coefficient (Wildman–Crippen LogP) is 1.64. The third kappa shape index (κ3) is 4.70. The van der Waals surface area contributed by atoms with E-state index in [-0.39, 0.29) is 30.3 Å². The lowest BCUT2D eigenvalue weighted by Crippen LogP contribution is -2.41. The third-order valence-electron chi connectivity index (χ3n) is 4.19. The average molecular weight is 382 g/mol. The van der Waals surface area contributed by atoms with Gasteiger partial charge in [0.15, 0.2) is 5.82 Å². The molecule has 1 amide bonds. The highest BCUT2D eigenvalue weighted by Gasteiger charge is 2.30. The predicted molar refractivity (Wildman–Crippen MR) is 88.8 cm³/mol. The normalized spacial score (nSPS) is 15.0. The van der Waals surface area contributed by atoms with Crippen molar-refractivity contribution in [1.82, 2.24) is 20.1 Å². The molecule has 3 rings (SSSR count).